The number of rotatable bonds is 8. The smallest absolute Gasteiger partial charge is 0.326 e. The van der Waals surface area contributed by atoms with Gasteiger partial charge in [-0.15, -0.1) is 11.3 Å². The SMILES string of the molecule is CC(C)(C)c1cc(N(C(N)=O)c2ncc(CCc3ccnc(NC(=O)CO)c3)s2)n(C(=O)C2NCCC2F)n1. The summed E-state index contributed by atoms with van der Waals surface area (Å²) in [5.74, 6) is -0.749. The standard InChI is InChI=1S/C25H31FN8O4S/c1-25(2,3)17-11-20(34(32-17)22(37)21-16(26)7-9-29-21)33(23(27)38)24-30-12-15(39-24)5-4-14-6-8-28-18(10-14)31-19(36)13-35/h6,8,10-12,16,21,29,35H,4-5,7,9,13H2,1-3H3,(H2,27,38)(H,28,31,36). The molecule has 5 N–H and O–H groups in total. The Hall–Kier alpha value is -3.75. The number of alkyl halides is 1. The van der Waals surface area contributed by atoms with E-state index in [1.165, 1.54) is 11.3 Å². The van der Waals surface area contributed by atoms with E-state index in [9.17, 15) is 18.8 Å². The second kappa shape index (κ2) is 11.6. The first-order chi connectivity index (χ1) is 18.5. The molecule has 1 aliphatic rings. The molecule has 3 aromatic heterocycles. The topological polar surface area (TPSA) is 168 Å². The fourth-order valence-electron chi connectivity index (χ4n) is 4.07. The lowest BCUT2D eigenvalue weighted by Crippen LogP contribution is -2.42. The van der Waals surface area contributed by atoms with Crippen molar-refractivity contribution < 1.29 is 23.9 Å². The average molecular weight is 559 g/mol. The van der Waals surface area contributed by atoms with Gasteiger partial charge in [-0.1, -0.05) is 20.8 Å². The molecule has 1 aliphatic heterocycles. The Balaban J connectivity index is 1.59. The summed E-state index contributed by atoms with van der Waals surface area (Å²) in [6, 6.07) is 3.17. The van der Waals surface area contributed by atoms with Crippen molar-refractivity contribution >= 4 is 45.9 Å². The highest BCUT2D eigenvalue weighted by Crippen LogP contribution is 2.34. The molecule has 14 heteroatoms. The van der Waals surface area contributed by atoms with E-state index in [0.717, 1.165) is 20.0 Å². The summed E-state index contributed by atoms with van der Waals surface area (Å²) in [5, 5.41) is 19.0. The van der Waals surface area contributed by atoms with Crippen molar-refractivity contribution in [2.45, 2.75) is 57.7 Å². The molecule has 12 nitrogen and oxygen atoms in total. The summed E-state index contributed by atoms with van der Waals surface area (Å²) in [7, 11) is 0. The predicted molar refractivity (Wildman–Crippen MR) is 144 cm³/mol. The minimum atomic E-state index is -1.37. The molecular weight excluding hydrogens is 527 g/mol. The molecule has 3 aromatic rings. The highest BCUT2D eigenvalue weighted by molar-refractivity contribution is 7.15. The molecule has 1 saturated heterocycles. The molecule has 0 aromatic carbocycles. The number of primary amides is 1. The van der Waals surface area contributed by atoms with Gasteiger partial charge in [-0.2, -0.15) is 9.78 Å². The quantitative estimate of drug-likeness (QED) is 0.327. The summed E-state index contributed by atoms with van der Waals surface area (Å²) in [4.78, 5) is 47.8. The molecule has 0 spiro atoms. The number of aliphatic hydroxyl groups excluding tert-OH is 1. The number of amides is 3. The molecule has 2 atom stereocenters. The van der Waals surface area contributed by atoms with Crippen LogP contribution in [0.5, 0.6) is 0 Å². The van der Waals surface area contributed by atoms with Gasteiger partial charge in [0.25, 0.3) is 11.8 Å². The number of carbonyl (C=O) groups excluding carboxylic acids is 3. The highest BCUT2D eigenvalue weighted by atomic mass is 32.1. The highest BCUT2D eigenvalue weighted by Gasteiger charge is 2.37. The van der Waals surface area contributed by atoms with Gasteiger partial charge < -0.3 is 21.5 Å². The van der Waals surface area contributed by atoms with Crippen LogP contribution in [0.2, 0.25) is 0 Å². The maximum atomic E-state index is 14.4. The van der Waals surface area contributed by atoms with Crippen LogP contribution in [0.15, 0.2) is 30.6 Å². The third kappa shape index (κ3) is 6.46. The summed E-state index contributed by atoms with van der Waals surface area (Å²) in [5.41, 5.74) is 6.72. The largest absolute Gasteiger partial charge is 0.387 e. The van der Waals surface area contributed by atoms with E-state index < -0.39 is 42.1 Å². The minimum absolute atomic E-state index is 0.0950. The van der Waals surface area contributed by atoms with Crippen molar-refractivity contribution in [1.29, 1.82) is 0 Å². The minimum Gasteiger partial charge on any atom is -0.387 e. The van der Waals surface area contributed by atoms with Gasteiger partial charge in [-0.05, 0) is 43.5 Å². The number of nitrogens with one attached hydrogen (secondary N) is 2. The van der Waals surface area contributed by atoms with Crippen LogP contribution in [-0.4, -0.2) is 68.1 Å². The zero-order valence-electron chi connectivity index (χ0n) is 21.8. The van der Waals surface area contributed by atoms with Crippen LogP contribution >= 0.6 is 11.3 Å². The first kappa shape index (κ1) is 28.3. The number of nitrogens with two attached hydrogens (primary N) is 1. The molecule has 0 saturated carbocycles. The molecule has 2 unspecified atom stereocenters. The van der Waals surface area contributed by atoms with E-state index in [-0.39, 0.29) is 17.4 Å². The maximum absolute atomic E-state index is 14.4. The zero-order chi connectivity index (χ0) is 28.3. The van der Waals surface area contributed by atoms with Crippen LogP contribution in [0.4, 0.5) is 26.0 Å². The molecule has 0 radical (unpaired) electrons. The Morgan fingerprint density at radius 1 is 1.28 bits per heavy atom. The van der Waals surface area contributed by atoms with Crippen LogP contribution in [0, 0.1) is 0 Å². The van der Waals surface area contributed by atoms with Crippen LogP contribution in [0.1, 0.15) is 48.1 Å². The zero-order valence-corrected chi connectivity index (χ0v) is 22.7. The molecule has 0 aliphatic carbocycles. The number of hydrogen-bond donors (Lipinski definition) is 4. The fraction of sp³-hybridized carbons (Fsp3) is 0.440. The van der Waals surface area contributed by atoms with Gasteiger partial charge in [-0.3, -0.25) is 9.59 Å². The number of thiazole rings is 1. The number of halogens is 1. The molecule has 4 heterocycles. The van der Waals surface area contributed by atoms with Gasteiger partial charge in [0.05, 0.1) is 5.69 Å². The maximum Gasteiger partial charge on any atom is 0.326 e. The normalized spacial score (nSPS) is 17.3. The number of hydrogen-bond acceptors (Lipinski definition) is 9. The lowest BCUT2D eigenvalue weighted by Gasteiger charge is -2.19. The van der Waals surface area contributed by atoms with E-state index in [1.807, 2.05) is 20.8 Å². The molecule has 1 fully saturated rings. The van der Waals surface area contributed by atoms with Gasteiger partial charge >= 0.3 is 6.03 Å². The Kier molecular flexibility index (Phi) is 8.37. The molecule has 4 rings (SSSR count). The molecule has 39 heavy (non-hydrogen) atoms. The third-order valence-corrected chi connectivity index (χ3v) is 7.20. The Labute approximate surface area is 228 Å². The first-order valence-electron chi connectivity index (χ1n) is 12.4. The van der Waals surface area contributed by atoms with Crippen molar-refractivity contribution in [2.24, 2.45) is 5.73 Å². The van der Waals surface area contributed by atoms with E-state index >= 15 is 0 Å². The van der Waals surface area contributed by atoms with Gasteiger partial charge in [0.1, 0.15) is 24.6 Å². The van der Waals surface area contributed by atoms with Crippen molar-refractivity contribution in [3.8, 4) is 0 Å². The van der Waals surface area contributed by atoms with E-state index in [0.29, 0.717) is 30.9 Å². The molecule has 0 bridgehead atoms. The number of aliphatic hydroxyl groups is 1. The van der Waals surface area contributed by atoms with Crippen molar-refractivity contribution in [2.75, 3.05) is 23.4 Å². The van der Waals surface area contributed by atoms with Gasteiger partial charge in [0, 0.05) is 28.8 Å². The monoisotopic (exact) mass is 558 g/mol. The Morgan fingerprint density at radius 3 is 2.69 bits per heavy atom. The van der Waals surface area contributed by atoms with Crippen molar-refractivity contribution in [1.82, 2.24) is 25.1 Å². The average Bonchev–Trinajstić information content (AvgIpc) is 3.63. The lowest BCUT2D eigenvalue weighted by molar-refractivity contribution is -0.118. The van der Waals surface area contributed by atoms with Crippen LogP contribution in [0.3, 0.4) is 0 Å². The third-order valence-electron chi connectivity index (χ3n) is 6.16. The number of aromatic nitrogens is 4. The molecule has 208 valence electrons. The Morgan fingerprint density at radius 2 is 2.05 bits per heavy atom. The van der Waals surface area contributed by atoms with Crippen molar-refractivity contribution in [3.63, 3.8) is 0 Å². The first-order valence-corrected chi connectivity index (χ1v) is 13.2. The van der Waals surface area contributed by atoms with Gasteiger partial charge in [0.15, 0.2) is 10.9 Å². The predicted octanol–water partition coefficient (Wildman–Crippen LogP) is 2.31. The van der Waals surface area contributed by atoms with Crippen LogP contribution in [-0.2, 0) is 23.1 Å². The van der Waals surface area contributed by atoms with Crippen LogP contribution in [0.25, 0.3) is 0 Å². The lowest BCUT2D eigenvalue weighted by atomic mass is 9.92. The van der Waals surface area contributed by atoms with Crippen LogP contribution < -0.4 is 21.3 Å². The second-order valence-corrected chi connectivity index (χ2v) is 11.3. The van der Waals surface area contributed by atoms with Gasteiger partial charge in [-0.25, -0.2) is 24.1 Å². The number of nitrogens with zero attached hydrogens (tertiary/aromatic N) is 5. The number of aryl methyl sites for hydroxylation is 2. The molecule has 3 amide bonds. The second-order valence-electron chi connectivity index (χ2n) is 10.2. The summed E-state index contributed by atoms with van der Waals surface area (Å²) in [6.07, 6.45) is 3.16. The van der Waals surface area contributed by atoms with E-state index in [1.54, 1.807) is 30.6 Å². The summed E-state index contributed by atoms with van der Waals surface area (Å²) >= 11 is 1.23. The number of pyridine rings is 1. The van der Waals surface area contributed by atoms with E-state index in [4.69, 9.17) is 10.8 Å². The van der Waals surface area contributed by atoms with Gasteiger partial charge in [0.2, 0.25) is 0 Å². The molecular formula is C25H31FN8O4S. The fourth-order valence-corrected chi connectivity index (χ4v) is 5.00. The summed E-state index contributed by atoms with van der Waals surface area (Å²) in [6.45, 7) is 5.46. The van der Waals surface area contributed by atoms with Crippen molar-refractivity contribution in [3.05, 3.63) is 46.7 Å². The summed E-state index contributed by atoms with van der Waals surface area (Å²) < 4.78 is 15.5. The Bertz CT molecular complexity index is 1370. The van der Waals surface area contributed by atoms with E-state index in [2.05, 4.69) is 25.7 Å². The number of carbonyl (C=O) groups is 3. The number of urea groups is 1. The number of anilines is 3.